The second kappa shape index (κ2) is 10.2. The summed E-state index contributed by atoms with van der Waals surface area (Å²) in [6.45, 7) is 13.4. The summed E-state index contributed by atoms with van der Waals surface area (Å²) in [5.41, 5.74) is 3.16. The summed E-state index contributed by atoms with van der Waals surface area (Å²) in [7, 11) is 1.69. The summed E-state index contributed by atoms with van der Waals surface area (Å²) in [6.07, 6.45) is 4.30. The summed E-state index contributed by atoms with van der Waals surface area (Å²) < 4.78 is 8.51. The van der Waals surface area contributed by atoms with Gasteiger partial charge in [-0.2, -0.15) is 0 Å². The quantitative estimate of drug-likeness (QED) is 0.338. The van der Waals surface area contributed by atoms with E-state index in [4.69, 9.17) is 21.3 Å². The molecule has 0 spiro atoms. The van der Waals surface area contributed by atoms with Gasteiger partial charge in [0.05, 0.1) is 16.3 Å². The molecule has 0 bridgehead atoms. The van der Waals surface area contributed by atoms with E-state index in [0.717, 1.165) is 22.2 Å². The third-order valence-electron chi connectivity index (χ3n) is 6.15. The van der Waals surface area contributed by atoms with Gasteiger partial charge in [-0.05, 0) is 64.8 Å². The van der Waals surface area contributed by atoms with Crippen LogP contribution in [0.25, 0.3) is 22.3 Å². The molecule has 0 aliphatic rings. The van der Waals surface area contributed by atoms with Crippen LogP contribution in [0.4, 0.5) is 10.7 Å². The summed E-state index contributed by atoms with van der Waals surface area (Å²) in [6, 6.07) is 5.73. The highest BCUT2D eigenvalue weighted by atomic mass is 35.5. The Morgan fingerprint density at radius 3 is 2.45 bits per heavy atom. The van der Waals surface area contributed by atoms with Crippen molar-refractivity contribution in [1.29, 1.82) is 0 Å². The lowest BCUT2D eigenvalue weighted by atomic mass is 9.92. The van der Waals surface area contributed by atoms with E-state index in [-0.39, 0.29) is 17.5 Å². The molecule has 4 heterocycles. The van der Waals surface area contributed by atoms with Gasteiger partial charge in [0.15, 0.2) is 0 Å². The molecule has 1 atom stereocenters. The van der Waals surface area contributed by atoms with Gasteiger partial charge in [-0.15, -0.1) is 0 Å². The molecule has 10 heteroatoms. The normalized spacial score (nSPS) is 12.7. The number of aryl methyl sites for hydroxylation is 1. The zero-order chi connectivity index (χ0) is 27.9. The molecule has 9 nitrogen and oxygen atoms in total. The Bertz CT molecular complexity index is 1580. The van der Waals surface area contributed by atoms with Crippen LogP contribution in [0, 0.1) is 6.92 Å². The fraction of sp³-hybridized carbons (Fsp3) is 0.393. The van der Waals surface area contributed by atoms with Crippen LogP contribution in [0.2, 0.25) is 5.02 Å². The third-order valence-corrected chi connectivity index (χ3v) is 6.36. The maximum Gasteiger partial charge on any atom is 0.420 e. The predicted molar refractivity (Wildman–Crippen MR) is 150 cm³/mol. The fourth-order valence-electron chi connectivity index (χ4n) is 4.36. The number of hydrogen-bond acceptors (Lipinski definition) is 7. The molecule has 0 aromatic carbocycles. The SMILES string of the molecule is Cc1nc(-c2cnc(NC(C)C)n(C)c2=O)ccc1C(C)c1cn(C(=O)OC(C)(C)C)c2ncc(Cl)cc12. The van der Waals surface area contributed by atoms with Crippen LogP contribution in [0.5, 0.6) is 0 Å². The molecule has 0 aliphatic heterocycles. The van der Waals surface area contributed by atoms with Crippen LogP contribution < -0.4 is 10.9 Å². The van der Waals surface area contributed by atoms with Gasteiger partial charge in [0.1, 0.15) is 11.2 Å². The number of pyridine rings is 2. The lowest BCUT2D eigenvalue weighted by molar-refractivity contribution is 0.0543. The highest BCUT2D eigenvalue weighted by Crippen LogP contribution is 2.34. The number of aromatic nitrogens is 5. The van der Waals surface area contributed by atoms with E-state index in [1.165, 1.54) is 15.3 Å². The van der Waals surface area contributed by atoms with Crippen LogP contribution >= 0.6 is 11.6 Å². The van der Waals surface area contributed by atoms with Gasteiger partial charge < -0.3 is 10.1 Å². The van der Waals surface area contributed by atoms with Crippen molar-refractivity contribution in [2.24, 2.45) is 7.05 Å². The maximum absolute atomic E-state index is 13.0. The molecule has 4 aromatic rings. The largest absolute Gasteiger partial charge is 0.443 e. The second-order valence-corrected chi connectivity index (χ2v) is 11.1. The van der Waals surface area contributed by atoms with Crippen LogP contribution in [-0.2, 0) is 11.8 Å². The van der Waals surface area contributed by atoms with Crippen molar-refractivity contribution >= 4 is 34.7 Å². The van der Waals surface area contributed by atoms with E-state index in [0.29, 0.717) is 27.9 Å². The smallest absolute Gasteiger partial charge is 0.420 e. The van der Waals surface area contributed by atoms with Crippen molar-refractivity contribution in [2.45, 2.75) is 66.0 Å². The fourth-order valence-corrected chi connectivity index (χ4v) is 4.52. The molecule has 0 radical (unpaired) electrons. The molecule has 0 amide bonds. The molecule has 0 fully saturated rings. The van der Waals surface area contributed by atoms with E-state index in [9.17, 15) is 9.59 Å². The minimum atomic E-state index is -0.656. The lowest BCUT2D eigenvalue weighted by Crippen LogP contribution is -2.26. The molecule has 0 saturated carbocycles. The highest BCUT2D eigenvalue weighted by Gasteiger charge is 2.25. The maximum atomic E-state index is 13.0. The van der Waals surface area contributed by atoms with Crippen molar-refractivity contribution in [3.05, 3.63) is 69.0 Å². The van der Waals surface area contributed by atoms with Crippen molar-refractivity contribution in [3.63, 3.8) is 0 Å². The number of ether oxygens (including phenoxy) is 1. The molecule has 4 aromatic heterocycles. The molecule has 0 aliphatic carbocycles. The van der Waals surface area contributed by atoms with Crippen molar-refractivity contribution < 1.29 is 9.53 Å². The van der Waals surface area contributed by atoms with E-state index >= 15 is 0 Å². The van der Waals surface area contributed by atoms with E-state index in [1.54, 1.807) is 25.5 Å². The van der Waals surface area contributed by atoms with Gasteiger partial charge >= 0.3 is 6.09 Å². The number of carbonyl (C=O) groups is 1. The molecule has 200 valence electrons. The molecular weight excluding hydrogens is 504 g/mol. The van der Waals surface area contributed by atoms with Gasteiger partial charge in [-0.3, -0.25) is 14.3 Å². The van der Waals surface area contributed by atoms with Crippen molar-refractivity contribution in [2.75, 3.05) is 5.32 Å². The Kier molecular flexibility index (Phi) is 7.34. The number of rotatable bonds is 5. The first-order chi connectivity index (χ1) is 17.8. The highest BCUT2D eigenvalue weighted by molar-refractivity contribution is 6.31. The summed E-state index contributed by atoms with van der Waals surface area (Å²) >= 11 is 6.28. The number of nitrogens with zero attached hydrogens (tertiary/aromatic N) is 5. The molecule has 38 heavy (non-hydrogen) atoms. The van der Waals surface area contributed by atoms with Gasteiger partial charge in [-0.1, -0.05) is 24.6 Å². The van der Waals surface area contributed by atoms with Crippen LogP contribution in [0.1, 0.15) is 64.3 Å². The minimum absolute atomic E-state index is 0.145. The third kappa shape index (κ3) is 5.43. The summed E-state index contributed by atoms with van der Waals surface area (Å²) in [5.74, 6) is 0.353. The predicted octanol–water partition coefficient (Wildman–Crippen LogP) is 5.91. The Hall–Kier alpha value is -3.72. The Labute approximate surface area is 226 Å². The standard InChI is InChI=1S/C28H33ClN6O3/c1-15(2)32-26-31-13-21(25(36)34(26)8)23-10-9-19(17(4)33-23)16(3)22-14-35(27(37)38-28(5,6)7)24-20(22)11-18(29)12-30-24/h9-16H,1-8H3,(H,31,32). The Morgan fingerprint density at radius 1 is 1.11 bits per heavy atom. The first-order valence-electron chi connectivity index (χ1n) is 12.5. The van der Waals surface area contributed by atoms with Crippen LogP contribution in [-0.4, -0.2) is 41.8 Å². The summed E-state index contributed by atoms with van der Waals surface area (Å²) in [4.78, 5) is 39.6. The van der Waals surface area contributed by atoms with Gasteiger partial charge in [0, 0.05) is 48.7 Å². The van der Waals surface area contributed by atoms with Gasteiger partial charge in [0.25, 0.3) is 5.56 Å². The molecule has 1 unspecified atom stereocenters. The number of carbonyl (C=O) groups excluding carboxylic acids is 1. The topological polar surface area (TPSA) is 104 Å². The molecule has 4 rings (SSSR count). The monoisotopic (exact) mass is 536 g/mol. The van der Waals surface area contributed by atoms with Crippen LogP contribution in [0.15, 0.2) is 41.6 Å². The van der Waals surface area contributed by atoms with Crippen molar-refractivity contribution in [1.82, 2.24) is 24.1 Å². The van der Waals surface area contributed by atoms with Gasteiger partial charge in [0.2, 0.25) is 5.95 Å². The molecule has 1 N–H and O–H groups in total. The zero-order valence-electron chi connectivity index (χ0n) is 23.0. The zero-order valence-corrected chi connectivity index (χ0v) is 23.7. The average Bonchev–Trinajstić information content (AvgIpc) is 3.19. The van der Waals surface area contributed by atoms with Crippen molar-refractivity contribution in [3.8, 4) is 11.3 Å². The number of nitrogens with one attached hydrogen (secondary N) is 1. The molecular formula is C28H33ClN6O3. The minimum Gasteiger partial charge on any atom is -0.443 e. The van der Waals surface area contributed by atoms with E-state index in [2.05, 4.69) is 15.3 Å². The average molecular weight is 537 g/mol. The first kappa shape index (κ1) is 27.3. The number of anilines is 1. The number of halogens is 1. The molecule has 0 saturated heterocycles. The lowest BCUT2D eigenvalue weighted by Gasteiger charge is -2.19. The second-order valence-electron chi connectivity index (χ2n) is 10.7. The van der Waals surface area contributed by atoms with Crippen LogP contribution in [0.3, 0.4) is 0 Å². The van der Waals surface area contributed by atoms with E-state index in [1.807, 2.05) is 60.6 Å². The Balaban J connectivity index is 1.74. The first-order valence-corrected chi connectivity index (χ1v) is 12.8. The van der Waals surface area contributed by atoms with Gasteiger partial charge in [-0.25, -0.2) is 19.3 Å². The number of hydrogen-bond donors (Lipinski definition) is 1. The number of fused-ring (bicyclic) bond motifs is 1. The summed E-state index contributed by atoms with van der Waals surface area (Å²) in [5, 5.41) is 4.39. The Morgan fingerprint density at radius 2 is 1.82 bits per heavy atom. The van der Waals surface area contributed by atoms with E-state index < -0.39 is 11.7 Å².